The Hall–Kier alpha value is -0.490. The fraction of sp³-hybridized carbons (Fsp3) is 0.857. The maximum Gasteiger partial charge on any atom is 0.161 e. The van der Waals surface area contributed by atoms with Gasteiger partial charge >= 0.3 is 0 Å². The van der Waals surface area contributed by atoms with Gasteiger partial charge in [0.25, 0.3) is 0 Å². The molecule has 0 spiro atoms. The zero-order valence-corrected chi connectivity index (χ0v) is 12.0. The van der Waals surface area contributed by atoms with Gasteiger partial charge < -0.3 is 0 Å². The molecule has 1 aliphatic rings. The topological polar surface area (TPSA) is 34.1 Å². The minimum Gasteiger partial charge on any atom is -0.228 e. The van der Waals surface area contributed by atoms with Crippen LogP contribution in [0.5, 0.6) is 0 Å². The summed E-state index contributed by atoms with van der Waals surface area (Å²) in [5.41, 5.74) is 0.333. The molecule has 3 heteroatoms. The fourth-order valence-electron chi connectivity index (χ4n) is 3.04. The molecule has 17 heavy (non-hydrogen) atoms. The molecule has 1 rings (SSSR count). The lowest BCUT2D eigenvalue weighted by Crippen LogP contribution is -2.43. The van der Waals surface area contributed by atoms with E-state index in [9.17, 15) is 8.42 Å². The molecule has 0 amide bonds. The summed E-state index contributed by atoms with van der Waals surface area (Å²) in [7, 11) is -3.09. The van der Waals surface area contributed by atoms with E-state index < -0.39 is 15.1 Å². The molecule has 0 aromatic heterocycles. The van der Waals surface area contributed by atoms with Gasteiger partial charge in [-0.05, 0) is 30.6 Å². The second kappa shape index (κ2) is 5.44. The standard InChI is InChI=1S/C14H24O2S/c1-5-7-8-9-14(3)10-12(11-14)13(6-2)17(4,15)16/h2,12-13H,5,7-11H2,1,3-4H3. The van der Waals surface area contributed by atoms with Crippen LogP contribution >= 0.6 is 0 Å². The summed E-state index contributed by atoms with van der Waals surface area (Å²) in [5, 5.41) is -0.568. The van der Waals surface area contributed by atoms with Crippen molar-refractivity contribution in [1.82, 2.24) is 0 Å². The Balaban J connectivity index is 2.47. The first-order valence-electron chi connectivity index (χ1n) is 6.47. The maximum atomic E-state index is 11.5. The van der Waals surface area contributed by atoms with Gasteiger partial charge in [0.1, 0.15) is 5.25 Å². The van der Waals surface area contributed by atoms with E-state index in [1.807, 2.05) is 0 Å². The van der Waals surface area contributed by atoms with Crippen molar-refractivity contribution >= 4 is 9.84 Å². The molecule has 0 heterocycles. The van der Waals surface area contributed by atoms with Crippen LogP contribution in [0.3, 0.4) is 0 Å². The molecular formula is C14H24O2S. The highest BCUT2D eigenvalue weighted by Crippen LogP contribution is 2.51. The predicted molar refractivity (Wildman–Crippen MR) is 72.4 cm³/mol. The zero-order valence-electron chi connectivity index (χ0n) is 11.2. The van der Waals surface area contributed by atoms with Gasteiger partial charge in [0, 0.05) is 6.26 Å². The average Bonchev–Trinajstić information content (AvgIpc) is 2.14. The number of hydrogen-bond donors (Lipinski definition) is 0. The van der Waals surface area contributed by atoms with Gasteiger partial charge in [0.2, 0.25) is 0 Å². The quantitative estimate of drug-likeness (QED) is 0.541. The normalized spacial score (nSPS) is 30.4. The highest BCUT2D eigenvalue weighted by atomic mass is 32.2. The van der Waals surface area contributed by atoms with Crippen LogP contribution in [-0.4, -0.2) is 19.9 Å². The lowest BCUT2D eigenvalue weighted by molar-refractivity contribution is 0.0674. The number of unbranched alkanes of at least 4 members (excludes halogenated alkanes) is 2. The highest BCUT2D eigenvalue weighted by molar-refractivity contribution is 7.91. The van der Waals surface area contributed by atoms with Crippen LogP contribution in [-0.2, 0) is 9.84 Å². The van der Waals surface area contributed by atoms with Crippen molar-refractivity contribution in [3.05, 3.63) is 0 Å². The van der Waals surface area contributed by atoms with E-state index in [0.29, 0.717) is 5.41 Å². The first kappa shape index (κ1) is 14.6. The number of terminal acetylenes is 1. The lowest BCUT2D eigenvalue weighted by Gasteiger charge is -2.47. The van der Waals surface area contributed by atoms with E-state index in [2.05, 4.69) is 19.8 Å². The molecule has 0 aromatic rings. The molecule has 1 saturated carbocycles. The van der Waals surface area contributed by atoms with Gasteiger partial charge in [0.05, 0.1) is 0 Å². The molecule has 0 radical (unpaired) electrons. The molecular weight excluding hydrogens is 232 g/mol. The Morgan fingerprint density at radius 3 is 2.41 bits per heavy atom. The van der Waals surface area contributed by atoms with Gasteiger partial charge in [-0.15, -0.1) is 6.42 Å². The molecule has 1 fully saturated rings. The first-order valence-corrected chi connectivity index (χ1v) is 8.43. The minimum absolute atomic E-state index is 0.182. The third-order valence-electron chi connectivity index (χ3n) is 3.95. The highest BCUT2D eigenvalue weighted by Gasteiger charge is 2.45. The van der Waals surface area contributed by atoms with Crippen LogP contribution in [0.2, 0.25) is 0 Å². The monoisotopic (exact) mass is 256 g/mol. The van der Waals surface area contributed by atoms with Crippen LogP contribution in [0.4, 0.5) is 0 Å². The van der Waals surface area contributed by atoms with Gasteiger partial charge in [-0.1, -0.05) is 39.0 Å². The van der Waals surface area contributed by atoms with E-state index >= 15 is 0 Å². The smallest absolute Gasteiger partial charge is 0.161 e. The van der Waals surface area contributed by atoms with Crippen molar-refractivity contribution in [3.63, 3.8) is 0 Å². The molecule has 0 N–H and O–H groups in total. The second-order valence-corrected chi connectivity index (χ2v) is 8.02. The third-order valence-corrected chi connectivity index (χ3v) is 5.39. The summed E-state index contributed by atoms with van der Waals surface area (Å²) < 4.78 is 23.1. The van der Waals surface area contributed by atoms with E-state index in [1.165, 1.54) is 31.9 Å². The molecule has 98 valence electrons. The van der Waals surface area contributed by atoms with Crippen LogP contribution in [0.15, 0.2) is 0 Å². The average molecular weight is 256 g/mol. The van der Waals surface area contributed by atoms with E-state index in [4.69, 9.17) is 6.42 Å². The van der Waals surface area contributed by atoms with Crippen LogP contribution in [0.1, 0.15) is 52.4 Å². The van der Waals surface area contributed by atoms with Crippen molar-refractivity contribution in [2.45, 2.75) is 57.6 Å². The van der Waals surface area contributed by atoms with E-state index in [-0.39, 0.29) is 5.92 Å². The summed E-state index contributed by atoms with van der Waals surface area (Å²) >= 11 is 0. The zero-order chi connectivity index (χ0) is 13.1. The summed E-state index contributed by atoms with van der Waals surface area (Å²) in [6.07, 6.45) is 13.5. The summed E-state index contributed by atoms with van der Waals surface area (Å²) in [4.78, 5) is 0. The van der Waals surface area contributed by atoms with Crippen LogP contribution < -0.4 is 0 Å². The summed E-state index contributed by atoms with van der Waals surface area (Å²) in [6, 6.07) is 0. The Morgan fingerprint density at radius 1 is 1.41 bits per heavy atom. The van der Waals surface area contributed by atoms with Crippen LogP contribution in [0.25, 0.3) is 0 Å². The first-order chi connectivity index (χ1) is 7.82. The Kier molecular flexibility index (Phi) is 4.66. The summed E-state index contributed by atoms with van der Waals surface area (Å²) in [6.45, 7) is 4.46. The van der Waals surface area contributed by atoms with Gasteiger partial charge in [0.15, 0.2) is 9.84 Å². The maximum absolute atomic E-state index is 11.5. The number of hydrogen-bond acceptors (Lipinski definition) is 2. The SMILES string of the molecule is C#CC(C1CC(C)(CCCCC)C1)S(C)(=O)=O. The van der Waals surface area contributed by atoms with Gasteiger partial charge in [-0.25, -0.2) is 8.42 Å². The van der Waals surface area contributed by atoms with Crippen molar-refractivity contribution in [3.8, 4) is 12.3 Å². The molecule has 0 aromatic carbocycles. The molecule has 0 aliphatic heterocycles. The van der Waals surface area contributed by atoms with E-state index in [0.717, 1.165) is 12.8 Å². The van der Waals surface area contributed by atoms with Crippen LogP contribution in [0, 0.1) is 23.7 Å². The Labute approximate surface area is 106 Å². The number of rotatable bonds is 6. The predicted octanol–water partition coefficient (Wildman–Crippen LogP) is 3.03. The largest absolute Gasteiger partial charge is 0.228 e. The van der Waals surface area contributed by atoms with Crippen molar-refractivity contribution in [2.24, 2.45) is 11.3 Å². The molecule has 0 saturated heterocycles. The minimum atomic E-state index is -3.09. The third kappa shape index (κ3) is 3.74. The fourth-order valence-corrected chi connectivity index (χ4v) is 4.17. The second-order valence-electron chi connectivity index (χ2n) is 5.85. The summed E-state index contributed by atoms with van der Waals surface area (Å²) in [5.74, 6) is 2.64. The molecule has 1 unspecified atom stereocenters. The molecule has 1 aliphatic carbocycles. The molecule has 2 nitrogen and oxygen atoms in total. The Morgan fingerprint density at radius 2 is 2.00 bits per heavy atom. The van der Waals surface area contributed by atoms with Gasteiger partial charge in [-0.2, -0.15) is 0 Å². The van der Waals surface area contributed by atoms with Crippen molar-refractivity contribution in [1.29, 1.82) is 0 Å². The molecule has 0 bridgehead atoms. The van der Waals surface area contributed by atoms with Crippen molar-refractivity contribution < 1.29 is 8.42 Å². The van der Waals surface area contributed by atoms with Gasteiger partial charge in [-0.3, -0.25) is 0 Å². The van der Waals surface area contributed by atoms with E-state index in [1.54, 1.807) is 0 Å². The van der Waals surface area contributed by atoms with Crippen molar-refractivity contribution in [2.75, 3.05) is 6.26 Å². The lowest BCUT2D eigenvalue weighted by atomic mass is 9.60. The Bertz CT molecular complexity index is 383. The number of sulfone groups is 1. The molecule has 1 atom stereocenters.